The standard InChI is InChI=1S/C12H18N4O2/c1-9-8-11(14-18-9)13-12(17)16-6-4-15(5-7-16)10-2-3-10/h8,10H,2-7H2,1H3,(H,13,14,17). The topological polar surface area (TPSA) is 61.6 Å². The SMILES string of the molecule is Cc1cc(NC(=O)N2CCN(C3CC3)CC2)no1. The molecule has 0 unspecified atom stereocenters. The molecule has 1 aromatic rings. The molecule has 6 heteroatoms. The van der Waals surface area contributed by atoms with E-state index < -0.39 is 0 Å². The van der Waals surface area contributed by atoms with E-state index >= 15 is 0 Å². The third-order valence-electron chi connectivity index (χ3n) is 3.53. The average molecular weight is 250 g/mol. The molecular formula is C12H18N4O2. The fraction of sp³-hybridized carbons (Fsp3) is 0.667. The molecule has 2 heterocycles. The lowest BCUT2D eigenvalue weighted by Gasteiger charge is -2.34. The van der Waals surface area contributed by atoms with Gasteiger partial charge in [0.05, 0.1) is 0 Å². The minimum atomic E-state index is -0.0845. The Morgan fingerprint density at radius 1 is 1.39 bits per heavy atom. The fourth-order valence-corrected chi connectivity index (χ4v) is 2.34. The number of piperazine rings is 1. The van der Waals surface area contributed by atoms with Gasteiger partial charge in [-0.3, -0.25) is 10.2 Å². The van der Waals surface area contributed by atoms with Crippen molar-refractivity contribution in [2.45, 2.75) is 25.8 Å². The van der Waals surface area contributed by atoms with Crippen molar-refractivity contribution in [1.82, 2.24) is 15.0 Å². The summed E-state index contributed by atoms with van der Waals surface area (Å²) in [6.45, 7) is 5.35. The first-order valence-corrected chi connectivity index (χ1v) is 6.45. The minimum absolute atomic E-state index is 0.0845. The molecule has 2 fully saturated rings. The molecule has 1 aliphatic heterocycles. The van der Waals surface area contributed by atoms with Gasteiger partial charge in [0.1, 0.15) is 5.76 Å². The van der Waals surface area contributed by atoms with Crippen LogP contribution in [0.4, 0.5) is 10.6 Å². The smallest absolute Gasteiger partial charge is 0.323 e. The lowest BCUT2D eigenvalue weighted by atomic mass is 10.3. The van der Waals surface area contributed by atoms with E-state index in [0.29, 0.717) is 11.6 Å². The van der Waals surface area contributed by atoms with Gasteiger partial charge in [0, 0.05) is 38.3 Å². The van der Waals surface area contributed by atoms with Crippen LogP contribution >= 0.6 is 0 Å². The van der Waals surface area contributed by atoms with Crippen molar-refractivity contribution >= 4 is 11.8 Å². The second-order valence-corrected chi connectivity index (χ2v) is 5.01. The Bertz CT molecular complexity index is 433. The third-order valence-corrected chi connectivity index (χ3v) is 3.53. The molecular weight excluding hydrogens is 232 g/mol. The summed E-state index contributed by atoms with van der Waals surface area (Å²) in [5, 5.41) is 6.52. The summed E-state index contributed by atoms with van der Waals surface area (Å²) >= 11 is 0. The number of carbonyl (C=O) groups is 1. The van der Waals surface area contributed by atoms with Crippen LogP contribution in [0.1, 0.15) is 18.6 Å². The zero-order chi connectivity index (χ0) is 12.5. The van der Waals surface area contributed by atoms with E-state index in [2.05, 4.69) is 15.4 Å². The number of amides is 2. The van der Waals surface area contributed by atoms with Crippen LogP contribution in [0.15, 0.2) is 10.6 Å². The highest BCUT2D eigenvalue weighted by Gasteiger charge is 2.32. The van der Waals surface area contributed by atoms with E-state index in [1.54, 1.807) is 13.0 Å². The number of nitrogens with zero attached hydrogens (tertiary/aromatic N) is 3. The summed E-state index contributed by atoms with van der Waals surface area (Å²) in [5.41, 5.74) is 0. The molecule has 1 aliphatic carbocycles. The molecule has 1 saturated carbocycles. The summed E-state index contributed by atoms with van der Waals surface area (Å²) < 4.78 is 4.92. The molecule has 2 aliphatic rings. The number of urea groups is 1. The van der Waals surface area contributed by atoms with E-state index in [9.17, 15) is 4.79 Å². The molecule has 98 valence electrons. The minimum Gasteiger partial charge on any atom is -0.360 e. The Morgan fingerprint density at radius 3 is 2.67 bits per heavy atom. The molecule has 1 saturated heterocycles. The lowest BCUT2D eigenvalue weighted by Crippen LogP contribution is -2.50. The van der Waals surface area contributed by atoms with Crippen LogP contribution < -0.4 is 5.32 Å². The van der Waals surface area contributed by atoms with E-state index in [1.165, 1.54) is 12.8 Å². The Labute approximate surface area is 106 Å². The molecule has 2 amide bonds. The first-order valence-electron chi connectivity index (χ1n) is 6.45. The van der Waals surface area contributed by atoms with E-state index in [-0.39, 0.29) is 6.03 Å². The highest BCUT2D eigenvalue weighted by atomic mass is 16.5. The summed E-state index contributed by atoms with van der Waals surface area (Å²) in [4.78, 5) is 16.3. The maximum atomic E-state index is 12.0. The van der Waals surface area contributed by atoms with Crippen molar-refractivity contribution in [2.24, 2.45) is 0 Å². The van der Waals surface area contributed by atoms with Gasteiger partial charge in [0.25, 0.3) is 0 Å². The summed E-state index contributed by atoms with van der Waals surface area (Å²) in [5.74, 6) is 1.19. The predicted octanol–water partition coefficient (Wildman–Crippen LogP) is 1.29. The zero-order valence-corrected chi connectivity index (χ0v) is 10.6. The molecule has 0 bridgehead atoms. The fourth-order valence-electron chi connectivity index (χ4n) is 2.34. The maximum Gasteiger partial charge on any atom is 0.323 e. The van der Waals surface area contributed by atoms with E-state index in [0.717, 1.165) is 32.2 Å². The summed E-state index contributed by atoms with van der Waals surface area (Å²) in [6.07, 6.45) is 2.65. The number of hydrogen-bond donors (Lipinski definition) is 1. The second kappa shape index (κ2) is 4.61. The Morgan fingerprint density at radius 2 is 2.11 bits per heavy atom. The van der Waals surface area contributed by atoms with Gasteiger partial charge in [0.15, 0.2) is 5.82 Å². The van der Waals surface area contributed by atoms with Crippen LogP contribution in [-0.4, -0.2) is 53.2 Å². The van der Waals surface area contributed by atoms with Gasteiger partial charge in [-0.2, -0.15) is 0 Å². The lowest BCUT2D eigenvalue weighted by molar-refractivity contribution is 0.142. The van der Waals surface area contributed by atoms with Gasteiger partial charge in [-0.15, -0.1) is 0 Å². The summed E-state index contributed by atoms with van der Waals surface area (Å²) in [7, 11) is 0. The number of carbonyl (C=O) groups excluding carboxylic acids is 1. The average Bonchev–Trinajstić information content (AvgIpc) is 3.14. The van der Waals surface area contributed by atoms with Crippen LogP contribution in [0.25, 0.3) is 0 Å². The molecule has 6 nitrogen and oxygen atoms in total. The van der Waals surface area contributed by atoms with Gasteiger partial charge in [-0.05, 0) is 19.8 Å². The van der Waals surface area contributed by atoms with Crippen molar-refractivity contribution in [3.8, 4) is 0 Å². The van der Waals surface area contributed by atoms with Crippen molar-refractivity contribution in [1.29, 1.82) is 0 Å². The van der Waals surface area contributed by atoms with Crippen LogP contribution in [0.5, 0.6) is 0 Å². The van der Waals surface area contributed by atoms with Gasteiger partial charge >= 0.3 is 6.03 Å². The van der Waals surface area contributed by atoms with E-state index in [4.69, 9.17) is 4.52 Å². The molecule has 1 aromatic heterocycles. The number of hydrogen-bond acceptors (Lipinski definition) is 4. The number of nitrogens with one attached hydrogen (secondary N) is 1. The molecule has 0 aromatic carbocycles. The van der Waals surface area contributed by atoms with Crippen molar-refractivity contribution < 1.29 is 9.32 Å². The maximum absolute atomic E-state index is 12.0. The second-order valence-electron chi connectivity index (χ2n) is 5.01. The van der Waals surface area contributed by atoms with Gasteiger partial charge in [0.2, 0.25) is 0 Å². The van der Waals surface area contributed by atoms with E-state index in [1.807, 2.05) is 4.90 Å². The Kier molecular flexibility index (Phi) is 2.95. The van der Waals surface area contributed by atoms with Crippen LogP contribution in [0.3, 0.4) is 0 Å². The van der Waals surface area contributed by atoms with Crippen LogP contribution in [0.2, 0.25) is 0 Å². The molecule has 0 radical (unpaired) electrons. The monoisotopic (exact) mass is 250 g/mol. The number of rotatable bonds is 2. The first-order chi connectivity index (χ1) is 8.72. The van der Waals surface area contributed by atoms with Crippen molar-refractivity contribution in [3.05, 3.63) is 11.8 Å². The highest BCUT2D eigenvalue weighted by Crippen LogP contribution is 2.27. The van der Waals surface area contributed by atoms with Gasteiger partial charge < -0.3 is 9.42 Å². The molecule has 18 heavy (non-hydrogen) atoms. The molecule has 3 rings (SSSR count). The van der Waals surface area contributed by atoms with Crippen LogP contribution in [-0.2, 0) is 0 Å². The first kappa shape index (κ1) is 11.5. The number of anilines is 1. The largest absolute Gasteiger partial charge is 0.360 e. The number of aryl methyl sites for hydroxylation is 1. The van der Waals surface area contributed by atoms with Gasteiger partial charge in [-0.1, -0.05) is 5.16 Å². The molecule has 1 N–H and O–H groups in total. The Balaban J connectivity index is 1.51. The van der Waals surface area contributed by atoms with Crippen molar-refractivity contribution in [2.75, 3.05) is 31.5 Å². The van der Waals surface area contributed by atoms with Gasteiger partial charge in [-0.25, -0.2) is 4.79 Å². The normalized spacial score (nSPS) is 21.1. The quantitative estimate of drug-likeness (QED) is 0.859. The summed E-state index contributed by atoms with van der Waals surface area (Å²) in [6, 6.07) is 2.42. The predicted molar refractivity (Wildman–Crippen MR) is 66.4 cm³/mol. The number of aromatic nitrogens is 1. The van der Waals surface area contributed by atoms with Crippen LogP contribution in [0, 0.1) is 6.92 Å². The molecule has 0 spiro atoms. The highest BCUT2D eigenvalue weighted by molar-refractivity contribution is 5.88. The Hall–Kier alpha value is -1.56. The zero-order valence-electron chi connectivity index (χ0n) is 10.6. The van der Waals surface area contributed by atoms with Crippen molar-refractivity contribution in [3.63, 3.8) is 0 Å². The third kappa shape index (κ3) is 2.48. The molecule has 0 atom stereocenters.